The maximum absolute atomic E-state index is 13.0. The minimum absolute atomic E-state index is 0.0347. The molecule has 0 aromatic heterocycles. The Labute approximate surface area is 196 Å². The monoisotopic (exact) mass is 493 g/mol. The second kappa shape index (κ2) is 10.3. The van der Waals surface area contributed by atoms with E-state index < -0.39 is 22.0 Å². The number of sulfonamides is 1. The van der Waals surface area contributed by atoms with Crippen molar-refractivity contribution in [3.63, 3.8) is 0 Å². The van der Waals surface area contributed by atoms with Gasteiger partial charge >= 0.3 is 5.97 Å². The molecule has 1 aliphatic rings. The summed E-state index contributed by atoms with van der Waals surface area (Å²) in [6, 6.07) is 11.8. The fraction of sp³-hybridized carbons (Fsp3) is 0.318. The van der Waals surface area contributed by atoms with Gasteiger partial charge in [-0.15, -0.1) is 0 Å². The molecule has 33 heavy (non-hydrogen) atoms. The number of amides is 2. The van der Waals surface area contributed by atoms with Gasteiger partial charge in [0.25, 0.3) is 0 Å². The number of carbonyl (C=O) groups excluding carboxylic acids is 3. The van der Waals surface area contributed by atoms with Crippen LogP contribution in [0, 0.1) is 5.92 Å². The Balaban J connectivity index is 1.88. The molecule has 1 heterocycles. The highest BCUT2D eigenvalue weighted by Gasteiger charge is 2.45. The molecule has 2 aromatic rings. The number of carbonyl (C=O) groups is 3. The summed E-state index contributed by atoms with van der Waals surface area (Å²) in [6.45, 7) is 0.259. The summed E-state index contributed by atoms with van der Waals surface area (Å²) in [5.74, 6) is -1.67. The first kappa shape index (κ1) is 24.7. The lowest BCUT2D eigenvalue weighted by Gasteiger charge is -2.28. The number of nitrogens with one attached hydrogen (secondary N) is 1. The first-order valence-electron chi connectivity index (χ1n) is 10.2. The highest BCUT2D eigenvalue weighted by atomic mass is 35.5. The zero-order valence-corrected chi connectivity index (χ0v) is 19.4. The van der Waals surface area contributed by atoms with Gasteiger partial charge in [-0.1, -0.05) is 23.7 Å². The Bertz CT molecular complexity index is 1140. The Hall–Kier alpha value is -2.95. The van der Waals surface area contributed by atoms with Crippen LogP contribution in [0.15, 0.2) is 53.4 Å². The van der Waals surface area contributed by atoms with E-state index in [0.717, 1.165) is 0 Å². The van der Waals surface area contributed by atoms with Gasteiger partial charge in [-0.25, -0.2) is 13.6 Å². The summed E-state index contributed by atoms with van der Waals surface area (Å²) in [5, 5.41) is 8.46. The highest BCUT2D eigenvalue weighted by molar-refractivity contribution is 7.89. The van der Waals surface area contributed by atoms with Crippen molar-refractivity contribution in [1.29, 1.82) is 0 Å². The van der Waals surface area contributed by atoms with Crippen LogP contribution in [-0.2, 0) is 29.1 Å². The highest BCUT2D eigenvalue weighted by Crippen LogP contribution is 2.42. The normalized spacial score (nSPS) is 18.3. The fourth-order valence-corrected chi connectivity index (χ4v) is 4.43. The molecule has 0 unspecified atom stereocenters. The molecule has 3 N–H and O–H groups in total. The zero-order chi connectivity index (χ0) is 24.2. The van der Waals surface area contributed by atoms with Crippen LogP contribution in [0.4, 0.5) is 5.69 Å². The number of hydrogen-bond acceptors (Lipinski definition) is 6. The van der Waals surface area contributed by atoms with E-state index in [1.54, 1.807) is 24.3 Å². The molecule has 0 saturated carbocycles. The number of benzene rings is 2. The predicted octanol–water partition coefficient (Wildman–Crippen LogP) is 2.15. The summed E-state index contributed by atoms with van der Waals surface area (Å²) in [6.07, 6.45) is 0.542. The maximum Gasteiger partial charge on any atom is 0.305 e. The lowest BCUT2D eigenvalue weighted by atomic mass is 9.92. The number of primary sulfonamides is 1. The molecular formula is C22H24ClN3O6S. The number of hydrogen-bond donors (Lipinski definition) is 2. The molecule has 1 fully saturated rings. The van der Waals surface area contributed by atoms with Gasteiger partial charge in [0.05, 0.1) is 24.0 Å². The van der Waals surface area contributed by atoms with Gasteiger partial charge < -0.3 is 15.0 Å². The first-order valence-corrected chi connectivity index (χ1v) is 12.1. The van der Waals surface area contributed by atoms with Gasteiger partial charge in [-0.2, -0.15) is 0 Å². The van der Waals surface area contributed by atoms with E-state index in [-0.39, 0.29) is 42.1 Å². The number of rotatable bonds is 8. The second-order valence-corrected chi connectivity index (χ2v) is 9.58. The lowest BCUT2D eigenvalue weighted by Crippen LogP contribution is -2.36. The van der Waals surface area contributed by atoms with Crippen LogP contribution in [0.25, 0.3) is 0 Å². The van der Waals surface area contributed by atoms with Crippen LogP contribution in [0.5, 0.6) is 0 Å². The van der Waals surface area contributed by atoms with Gasteiger partial charge in [-0.3, -0.25) is 14.4 Å². The predicted molar refractivity (Wildman–Crippen MR) is 122 cm³/mol. The summed E-state index contributed by atoms with van der Waals surface area (Å²) >= 11 is 6.02. The van der Waals surface area contributed by atoms with Crippen molar-refractivity contribution in [1.82, 2.24) is 5.32 Å². The minimum Gasteiger partial charge on any atom is -0.469 e. The number of ether oxygens (including phenoxy) is 1. The van der Waals surface area contributed by atoms with Crippen molar-refractivity contribution in [2.24, 2.45) is 11.1 Å². The van der Waals surface area contributed by atoms with Crippen LogP contribution < -0.4 is 15.4 Å². The number of nitrogens with zero attached hydrogens (tertiary/aromatic N) is 1. The molecule has 176 valence electrons. The summed E-state index contributed by atoms with van der Waals surface area (Å²) in [4.78, 5) is 38.6. The van der Waals surface area contributed by atoms with Crippen molar-refractivity contribution in [3.05, 3.63) is 59.1 Å². The Morgan fingerprint density at radius 2 is 1.79 bits per heavy atom. The molecule has 3 rings (SSSR count). The van der Waals surface area contributed by atoms with Crippen molar-refractivity contribution in [2.75, 3.05) is 18.6 Å². The smallest absolute Gasteiger partial charge is 0.305 e. The second-order valence-electron chi connectivity index (χ2n) is 7.58. The van der Waals surface area contributed by atoms with Crippen molar-refractivity contribution < 1.29 is 27.5 Å². The topological polar surface area (TPSA) is 136 Å². The molecular weight excluding hydrogens is 470 g/mol. The van der Waals surface area contributed by atoms with E-state index in [4.69, 9.17) is 16.7 Å². The zero-order valence-electron chi connectivity index (χ0n) is 17.9. The fourth-order valence-electron chi connectivity index (χ4n) is 3.79. The Morgan fingerprint density at radius 1 is 1.15 bits per heavy atom. The van der Waals surface area contributed by atoms with E-state index in [2.05, 4.69) is 10.1 Å². The molecule has 0 bridgehead atoms. The van der Waals surface area contributed by atoms with E-state index >= 15 is 0 Å². The third kappa shape index (κ3) is 5.89. The average Bonchev–Trinajstić information content (AvgIpc) is 3.13. The van der Waals surface area contributed by atoms with Crippen LogP contribution in [0.1, 0.15) is 30.9 Å². The molecule has 1 saturated heterocycles. The van der Waals surface area contributed by atoms with E-state index in [1.807, 2.05) is 0 Å². The summed E-state index contributed by atoms with van der Waals surface area (Å²) in [7, 11) is -2.59. The van der Waals surface area contributed by atoms with Crippen LogP contribution >= 0.6 is 11.6 Å². The summed E-state index contributed by atoms with van der Waals surface area (Å²) < 4.78 is 27.7. The maximum atomic E-state index is 13.0. The first-order chi connectivity index (χ1) is 15.6. The molecule has 0 radical (unpaired) electrons. The van der Waals surface area contributed by atoms with Gasteiger partial charge in [0, 0.05) is 30.1 Å². The lowest BCUT2D eigenvalue weighted by molar-refractivity contribution is -0.140. The molecule has 2 atom stereocenters. The van der Waals surface area contributed by atoms with Crippen molar-refractivity contribution >= 4 is 45.1 Å². The molecule has 9 nitrogen and oxygen atoms in total. The molecule has 1 aliphatic heterocycles. The number of halogens is 1. The summed E-state index contributed by atoms with van der Waals surface area (Å²) in [5.41, 5.74) is 1.14. The quantitative estimate of drug-likeness (QED) is 0.427. The molecule has 0 spiro atoms. The third-order valence-corrected chi connectivity index (χ3v) is 6.58. The van der Waals surface area contributed by atoms with Gasteiger partial charge in [-0.05, 0) is 48.4 Å². The Kier molecular flexibility index (Phi) is 7.72. The molecule has 11 heteroatoms. The molecule has 2 amide bonds. The number of nitrogens with two attached hydrogens (primary N) is 1. The number of anilines is 1. The number of esters is 1. The standard InChI is InChI=1S/C22H24ClN3O6S/c1-32-20(28)3-2-12-25-22(29)18-13-19(27)26(21(18)14-4-6-15(23)7-5-14)16-8-10-17(11-9-16)33(24,30)31/h4-11,18,21H,2-3,12-13H2,1H3,(H,25,29)(H2,24,30,31)/t18-,21+/m0/s1. The van der Waals surface area contributed by atoms with E-state index in [9.17, 15) is 22.8 Å². The Morgan fingerprint density at radius 3 is 2.36 bits per heavy atom. The largest absolute Gasteiger partial charge is 0.469 e. The SMILES string of the molecule is COC(=O)CCCNC(=O)[C@H]1CC(=O)N(c2ccc(S(N)(=O)=O)cc2)[C@@H]1c1ccc(Cl)cc1. The van der Waals surface area contributed by atoms with Gasteiger partial charge in [0.15, 0.2) is 0 Å². The van der Waals surface area contributed by atoms with E-state index in [1.165, 1.54) is 36.3 Å². The van der Waals surface area contributed by atoms with Gasteiger partial charge in [0.1, 0.15) is 0 Å². The minimum atomic E-state index is -3.89. The average molecular weight is 494 g/mol. The van der Waals surface area contributed by atoms with Crippen molar-refractivity contribution in [2.45, 2.75) is 30.2 Å². The van der Waals surface area contributed by atoms with Crippen LogP contribution in [0.2, 0.25) is 5.02 Å². The van der Waals surface area contributed by atoms with E-state index in [0.29, 0.717) is 22.7 Å². The van der Waals surface area contributed by atoms with Gasteiger partial charge in [0.2, 0.25) is 21.8 Å². The molecule has 2 aromatic carbocycles. The van der Waals surface area contributed by atoms with Crippen molar-refractivity contribution in [3.8, 4) is 0 Å². The van der Waals surface area contributed by atoms with Crippen LogP contribution in [0.3, 0.4) is 0 Å². The molecule has 0 aliphatic carbocycles. The third-order valence-electron chi connectivity index (χ3n) is 5.40. The van der Waals surface area contributed by atoms with Crippen LogP contribution in [-0.4, -0.2) is 39.9 Å². The number of methoxy groups -OCH3 is 1.